The van der Waals surface area contributed by atoms with Crippen LogP contribution in [0.4, 0.5) is 0 Å². The van der Waals surface area contributed by atoms with Crippen LogP contribution in [0.5, 0.6) is 0 Å². The number of piperazine rings is 1. The number of nitrogens with zero attached hydrogens (tertiary/aromatic N) is 2. The van der Waals surface area contributed by atoms with Gasteiger partial charge in [0.25, 0.3) is 0 Å². The third-order valence-corrected chi connectivity index (χ3v) is 3.73. The molecule has 3 N–H and O–H groups in total. The van der Waals surface area contributed by atoms with E-state index >= 15 is 0 Å². The maximum absolute atomic E-state index is 12.1. The van der Waals surface area contributed by atoms with E-state index in [0.717, 1.165) is 0 Å². The number of nitrogens with two attached hydrogens (primary N) is 1. The second-order valence-corrected chi connectivity index (χ2v) is 5.11. The number of carbonyl (C=O) groups is 2. The van der Waals surface area contributed by atoms with E-state index in [1.165, 1.54) is 0 Å². The smallest absolute Gasteiger partial charge is 0.320 e. The molecule has 1 heterocycles. The highest BCUT2D eigenvalue weighted by atomic mass is 16.4. The zero-order chi connectivity index (χ0) is 13.9. The first-order valence-corrected chi connectivity index (χ1v) is 6.34. The third-order valence-electron chi connectivity index (χ3n) is 3.73. The lowest BCUT2D eigenvalue weighted by Crippen LogP contribution is -2.59. The Kier molecular flexibility index (Phi) is 4.70. The van der Waals surface area contributed by atoms with Crippen LogP contribution in [0.2, 0.25) is 0 Å². The summed E-state index contributed by atoms with van der Waals surface area (Å²) in [4.78, 5) is 26.6. The van der Waals surface area contributed by atoms with Gasteiger partial charge in [-0.05, 0) is 20.3 Å². The second kappa shape index (κ2) is 5.67. The number of rotatable bonds is 4. The van der Waals surface area contributed by atoms with E-state index in [2.05, 4.69) is 0 Å². The van der Waals surface area contributed by atoms with E-state index in [9.17, 15) is 9.59 Å². The number of carbonyl (C=O) groups excluding carboxylic acids is 1. The molecule has 0 aliphatic carbocycles. The Morgan fingerprint density at radius 3 is 2.22 bits per heavy atom. The molecule has 1 amide bonds. The summed E-state index contributed by atoms with van der Waals surface area (Å²) in [5, 5.41) is 8.93. The van der Waals surface area contributed by atoms with Crippen molar-refractivity contribution in [2.24, 2.45) is 5.73 Å². The predicted octanol–water partition coefficient (Wildman–Crippen LogP) is -0.269. The van der Waals surface area contributed by atoms with Crippen LogP contribution in [0.3, 0.4) is 0 Å². The van der Waals surface area contributed by atoms with Gasteiger partial charge in [0.15, 0.2) is 0 Å². The van der Waals surface area contributed by atoms with E-state index in [4.69, 9.17) is 10.8 Å². The lowest BCUT2D eigenvalue weighted by molar-refractivity contribution is -0.144. The topological polar surface area (TPSA) is 86.9 Å². The quantitative estimate of drug-likeness (QED) is 0.724. The summed E-state index contributed by atoms with van der Waals surface area (Å²) in [5.74, 6) is -0.875. The van der Waals surface area contributed by atoms with Crippen LogP contribution in [0.15, 0.2) is 0 Å². The average molecular weight is 257 g/mol. The molecule has 2 atom stereocenters. The molecule has 18 heavy (non-hydrogen) atoms. The summed E-state index contributed by atoms with van der Waals surface area (Å²) in [6, 6.07) is -0.502. The minimum Gasteiger partial charge on any atom is -0.480 e. The van der Waals surface area contributed by atoms with Crippen molar-refractivity contribution in [2.45, 2.75) is 38.8 Å². The molecular formula is C12H23N3O3. The highest BCUT2D eigenvalue weighted by Crippen LogP contribution is 2.13. The molecule has 104 valence electrons. The number of amides is 1. The molecule has 0 aromatic rings. The van der Waals surface area contributed by atoms with Crippen LogP contribution in [0.25, 0.3) is 0 Å². The van der Waals surface area contributed by atoms with E-state index in [0.29, 0.717) is 32.6 Å². The highest BCUT2D eigenvalue weighted by Gasteiger charge is 2.34. The zero-order valence-electron chi connectivity index (χ0n) is 11.3. The van der Waals surface area contributed by atoms with Crippen LogP contribution in [0.1, 0.15) is 27.2 Å². The van der Waals surface area contributed by atoms with Crippen LogP contribution in [-0.2, 0) is 9.59 Å². The summed E-state index contributed by atoms with van der Waals surface area (Å²) in [6.07, 6.45) is 0.595. The van der Waals surface area contributed by atoms with Crippen LogP contribution >= 0.6 is 0 Å². The minimum atomic E-state index is -0.827. The Morgan fingerprint density at radius 2 is 1.83 bits per heavy atom. The van der Waals surface area contributed by atoms with Crippen molar-refractivity contribution in [1.29, 1.82) is 0 Å². The fourth-order valence-corrected chi connectivity index (χ4v) is 1.98. The standard InChI is InChI=1S/C12H23N3O3/c1-4-12(3,13)11(18)15-7-5-14(6-8-15)9(2)10(16)17/h9H,4-8,13H2,1-3H3,(H,16,17). The van der Waals surface area contributed by atoms with Gasteiger partial charge in [0.05, 0.1) is 5.54 Å². The lowest BCUT2D eigenvalue weighted by Gasteiger charge is -2.39. The van der Waals surface area contributed by atoms with Gasteiger partial charge in [0.2, 0.25) is 5.91 Å². The van der Waals surface area contributed by atoms with Gasteiger partial charge in [0.1, 0.15) is 6.04 Å². The van der Waals surface area contributed by atoms with Gasteiger partial charge in [-0.15, -0.1) is 0 Å². The van der Waals surface area contributed by atoms with Crippen molar-refractivity contribution in [1.82, 2.24) is 9.80 Å². The summed E-state index contributed by atoms with van der Waals surface area (Å²) >= 11 is 0. The summed E-state index contributed by atoms with van der Waals surface area (Å²) in [5.41, 5.74) is 5.12. The van der Waals surface area contributed by atoms with Crippen molar-refractivity contribution < 1.29 is 14.7 Å². The molecule has 1 fully saturated rings. The van der Waals surface area contributed by atoms with Gasteiger partial charge in [-0.25, -0.2) is 0 Å². The van der Waals surface area contributed by atoms with Gasteiger partial charge in [-0.3, -0.25) is 14.5 Å². The first-order chi connectivity index (χ1) is 8.29. The first kappa shape index (κ1) is 14.9. The molecular weight excluding hydrogens is 234 g/mol. The van der Waals surface area contributed by atoms with Gasteiger partial charge < -0.3 is 15.7 Å². The Labute approximate surface area is 108 Å². The molecule has 0 aromatic heterocycles. The summed E-state index contributed by atoms with van der Waals surface area (Å²) in [7, 11) is 0. The maximum Gasteiger partial charge on any atom is 0.320 e. The number of hydrogen-bond donors (Lipinski definition) is 2. The molecule has 0 saturated carbocycles. The monoisotopic (exact) mass is 257 g/mol. The van der Waals surface area contributed by atoms with Crippen molar-refractivity contribution in [3.05, 3.63) is 0 Å². The Balaban J connectivity index is 2.54. The number of hydrogen-bond acceptors (Lipinski definition) is 4. The molecule has 6 heteroatoms. The molecule has 1 rings (SSSR count). The minimum absolute atomic E-state index is 0.0485. The fourth-order valence-electron chi connectivity index (χ4n) is 1.98. The van der Waals surface area contributed by atoms with Gasteiger partial charge in [-0.2, -0.15) is 0 Å². The molecule has 0 aromatic carbocycles. The van der Waals surface area contributed by atoms with Crippen molar-refractivity contribution >= 4 is 11.9 Å². The molecule has 1 aliphatic rings. The Hall–Kier alpha value is -1.14. The van der Waals surface area contributed by atoms with E-state index in [1.54, 1.807) is 18.7 Å². The van der Waals surface area contributed by atoms with Crippen molar-refractivity contribution in [3.8, 4) is 0 Å². The van der Waals surface area contributed by atoms with Crippen molar-refractivity contribution in [2.75, 3.05) is 26.2 Å². The molecule has 1 aliphatic heterocycles. The first-order valence-electron chi connectivity index (χ1n) is 6.34. The largest absolute Gasteiger partial charge is 0.480 e. The van der Waals surface area contributed by atoms with Crippen LogP contribution < -0.4 is 5.73 Å². The molecule has 2 unspecified atom stereocenters. The van der Waals surface area contributed by atoms with E-state index < -0.39 is 17.6 Å². The number of carboxylic acids is 1. The zero-order valence-corrected chi connectivity index (χ0v) is 11.3. The predicted molar refractivity (Wildman–Crippen MR) is 68.1 cm³/mol. The highest BCUT2D eigenvalue weighted by molar-refractivity contribution is 5.85. The average Bonchev–Trinajstić information content (AvgIpc) is 2.37. The second-order valence-electron chi connectivity index (χ2n) is 5.11. The van der Waals surface area contributed by atoms with E-state index in [-0.39, 0.29) is 5.91 Å². The Morgan fingerprint density at radius 1 is 1.33 bits per heavy atom. The number of aliphatic carboxylic acids is 1. The van der Waals surface area contributed by atoms with Crippen molar-refractivity contribution in [3.63, 3.8) is 0 Å². The third kappa shape index (κ3) is 3.20. The molecule has 6 nitrogen and oxygen atoms in total. The SMILES string of the molecule is CCC(C)(N)C(=O)N1CCN(C(C)C(=O)O)CC1. The fraction of sp³-hybridized carbons (Fsp3) is 0.833. The normalized spacial score (nSPS) is 22.3. The van der Waals surface area contributed by atoms with Gasteiger partial charge in [0, 0.05) is 26.2 Å². The van der Waals surface area contributed by atoms with Gasteiger partial charge in [-0.1, -0.05) is 6.92 Å². The van der Waals surface area contributed by atoms with Gasteiger partial charge >= 0.3 is 5.97 Å². The molecule has 0 spiro atoms. The van der Waals surface area contributed by atoms with E-state index in [1.807, 2.05) is 11.8 Å². The lowest BCUT2D eigenvalue weighted by atomic mass is 9.98. The Bertz CT molecular complexity index is 323. The van der Waals surface area contributed by atoms with Crippen LogP contribution in [0, 0.1) is 0 Å². The molecule has 0 bridgehead atoms. The maximum atomic E-state index is 12.1. The summed E-state index contributed by atoms with van der Waals surface area (Å²) in [6.45, 7) is 7.55. The summed E-state index contributed by atoms with van der Waals surface area (Å²) < 4.78 is 0. The molecule has 1 saturated heterocycles. The molecule has 0 radical (unpaired) electrons. The van der Waals surface area contributed by atoms with Crippen LogP contribution in [-0.4, -0.2) is 64.5 Å². The number of carboxylic acid groups (broad SMARTS) is 1.